The van der Waals surface area contributed by atoms with Crippen LogP contribution in [0.2, 0.25) is 0 Å². The number of rotatable bonds is 4. The van der Waals surface area contributed by atoms with Gasteiger partial charge in [0.05, 0.1) is 13.3 Å². The Bertz CT molecular complexity index is 691. The van der Waals surface area contributed by atoms with Crippen LogP contribution in [0.4, 0.5) is 5.82 Å². The highest BCUT2D eigenvalue weighted by Crippen LogP contribution is 2.39. The van der Waals surface area contributed by atoms with Crippen LogP contribution in [0.3, 0.4) is 0 Å². The first kappa shape index (κ1) is 14.7. The van der Waals surface area contributed by atoms with Crippen LogP contribution in [0.5, 0.6) is 17.2 Å². The fourth-order valence-corrected chi connectivity index (χ4v) is 3.01. The van der Waals surface area contributed by atoms with E-state index in [4.69, 9.17) is 15.2 Å². The second kappa shape index (κ2) is 6.29. The van der Waals surface area contributed by atoms with Crippen LogP contribution >= 0.6 is 11.8 Å². The molecule has 1 aliphatic rings. The molecular weight excluding hydrogens is 298 g/mol. The Labute approximate surface area is 133 Å². The summed E-state index contributed by atoms with van der Waals surface area (Å²) in [5.74, 6) is 2.66. The monoisotopic (exact) mass is 315 g/mol. The van der Waals surface area contributed by atoms with E-state index in [9.17, 15) is 0 Å². The first-order valence-electron chi connectivity index (χ1n) is 6.83. The average Bonchev–Trinajstić information content (AvgIpc) is 2.87. The first-order chi connectivity index (χ1) is 10.7. The van der Waals surface area contributed by atoms with E-state index in [2.05, 4.69) is 4.98 Å². The van der Waals surface area contributed by atoms with E-state index < -0.39 is 0 Å². The van der Waals surface area contributed by atoms with Crippen molar-refractivity contribution in [1.29, 1.82) is 0 Å². The maximum absolute atomic E-state index is 6.14. The van der Waals surface area contributed by atoms with Gasteiger partial charge >= 0.3 is 0 Å². The van der Waals surface area contributed by atoms with Crippen LogP contribution < -0.4 is 20.1 Å². The number of hydrogen-bond donors (Lipinski definition) is 1. The van der Waals surface area contributed by atoms with Gasteiger partial charge in [-0.1, -0.05) is 30.0 Å². The predicted molar refractivity (Wildman–Crippen MR) is 89.1 cm³/mol. The summed E-state index contributed by atoms with van der Waals surface area (Å²) in [6, 6.07) is 11.4. The van der Waals surface area contributed by atoms with Crippen LogP contribution in [-0.4, -0.2) is 17.6 Å². The predicted octanol–water partition coefficient (Wildman–Crippen LogP) is 3.54. The van der Waals surface area contributed by atoms with Gasteiger partial charge in [-0.2, -0.15) is 0 Å². The van der Waals surface area contributed by atoms with Gasteiger partial charge in [0.2, 0.25) is 0 Å². The fraction of sp³-hybridized carbons (Fsp3) is 0.188. The van der Waals surface area contributed by atoms with E-state index in [0.29, 0.717) is 17.3 Å². The molecule has 0 saturated carbocycles. The minimum atomic E-state index is -0.209. The Hall–Kier alpha value is -2.18. The molecule has 0 radical (unpaired) electrons. The molecule has 0 spiro atoms. The Morgan fingerprint density at radius 2 is 2.00 bits per heavy atom. The molecule has 22 heavy (non-hydrogen) atoms. The van der Waals surface area contributed by atoms with Crippen molar-refractivity contribution in [3.8, 4) is 17.2 Å². The Morgan fingerprint density at radius 3 is 2.64 bits per heavy atom. The van der Waals surface area contributed by atoms with E-state index >= 15 is 0 Å². The molecular formula is C16H17N3O2S. The highest BCUT2D eigenvalue weighted by atomic mass is 32.2. The van der Waals surface area contributed by atoms with E-state index in [1.54, 1.807) is 25.1 Å². The van der Waals surface area contributed by atoms with Gasteiger partial charge < -0.3 is 20.1 Å². The van der Waals surface area contributed by atoms with Gasteiger partial charge in [-0.15, -0.1) is 0 Å². The third-order valence-corrected chi connectivity index (χ3v) is 4.22. The summed E-state index contributed by atoms with van der Waals surface area (Å²) in [5, 5.41) is 2.02. The standard InChI is InChI=1S/C16H17N3O2S/c1-11-10-22-16(17)19(11)15-14(8-13(20-2)9-18-15)21-12-6-4-3-5-7-12/h3-10,16H,17H2,1-2H3. The summed E-state index contributed by atoms with van der Waals surface area (Å²) in [6.07, 6.45) is 1.66. The molecule has 0 amide bonds. The van der Waals surface area contributed by atoms with Crippen LogP contribution in [0.1, 0.15) is 6.92 Å². The van der Waals surface area contributed by atoms with Crippen molar-refractivity contribution >= 4 is 17.6 Å². The highest BCUT2D eigenvalue weighted by molar-refractivity contribution is 8.03. The smallest absolute Gasteiger partial charge is 0.178 e. The van der Waals surface area contributed by atoms with Gasteiger partial charge in [-0.05, 0) is 24.5 Å². The molecule has 114 valence electrons. The van der Waals surface area contributed by atoms with Crippen molar-refractivity contribution in [2.45, 2.75) is 12.4 Å². The lowest BCUT2D eigenvalue weighted by atomic mass is 10.3. The lowest BCUT2D eigenvalue weighted by Crippen LogP contribution is -2.35. The third-order valence-electron chi connectivity index (χ3n) is 3.26. The molecule has 0 bridgehead atoms. The summed E-state index contributed by atoms with van der Waals surface area (Å²) >= 11 is 1.55. The minimum absolute atomic E-state index is 0.209. The topological polar surface area (TPSA) is 60.6 Å². The minimum Gasteiger partial charge on any atom is -0.495 e. The zero-order valence-corrected chi connectivity index (χ0v) is 13.2. The van der Waals surface area contributed by atoms with Crippen molar-refractivity contribution < 1.29 is 9.47 Å². The number of allylic oxidation sites excluding steroid dienone is 1. The summed E-state index contributed by atoms with van der Waals surface area (Å²) in [7, 11) is 1.60. The molecule has 2 N–H and O–H groups in total. The number of hydrogen-bond acceptors (Lipinski definition) is 6. The molecule has 0 saturated heterocycles. The molecule has 2 heterocycles. The van der Waals surface area contributed by atoms with Crippen molar-refractivity contribution in [2.24, 2.45) is 5.73 Å². The van der Waals surface area contributed by atoms with Crippen molar-refractivity contribution in [3.63, 3.8) is 0 Å². The van der Waals surface area contributed by atoms with Gasteiger partial charge in [0.1, 0.15) is 17.0 Å². The second-order valence-corrected chi connectivity index (χ2v) is 5.76. The number of pyridine rings is 1. The van der Waals surface area contributed by atoms with E-state index in [1.807, 2.05) is 53.6 Å². The van der Waals surface area contributed by atoms with Crippen LogP contribution in [-0.2, 0) is 0 Å². The molecule has 6 heteroatoms. The number of methoxy groups -OCH3 is 1. The summed E-state index contributed by atoms with van der Waals surface area (Å²) < 4.78 is 11.2. The van der Waals surface area contributed by atoms with Gasteiger partial charge in [-0.3, -0.25) is 0 Å². The average molecular weight is 315 g/mol. The molecule has 0 fully saturated rings. The Morgan fingerprint density at radius 1 is 1.23 bits per heavy atom. The number of benzene rings is 1. The van der Waals surface area contributed by atoms with Crippen molar-refractivity contribution in [3.05, 3.63) is 53.7 Å². The lowest BCUT2D eigenvalue weighted by molar-refractivity contribution is 0.406. The number of nitrogens with zero attached hydrogens (tertiary/aromatic N) is 2. The quantitative estimate of drug-likeness (QED) is 0.931. The molecule has 5 nitrogen and oxygen atoms in total. The molecule has 1 aromatic carbocycles. The Balaban J connectivity index is 2.00. The second-order valence-electron chi connectivity index (χ2n) is 4.77. The van der Waals surface area contributed by atoms with E-state index in [0.717, 1.165) is 11.4 Å². The van der Waals surface area contributed by atoms with Gasteiger partial charge in [0.25, 0.3) is 0 Å². The molecule has 3 rings (SSSR count). The zero-order valence-electron chi connectivity index (χ0n) is 12.4. The molecule has 1 unspecified atom stereocenters. The lowest BCUT2D eigenvalue weighted by Gasteiger charge is -2.25. The molecule has 0 aliphatic carbocycles. The number of nitrogens with two attached hydrogens (primary N) is 1. The third kappa shape index (κ3) is 2.88. The SMILES string of the molecule is COc1cnc(N2C(C)=CSC2N)c(Oc2ccccc2)c1. The summed E-state index contributed by atoms with van der Waals surface area (Å²) in [6.45, 7) is 2.00. The normalized spacial score (nSPS) is 17.3. The van der Waals surface area contributed by atoms with Gasteiger partial charge in [0.15, 0.2) is 11.6 Å². The Kier molecular flexibility index (Phi) is 4.22. The zero-order chi connectivity index (χ0) is 15.5. The maximum Gasteiger partial charge on any atom is 0.178 e. The van der Waals surface area contributed by atoms with Crippen LogP contribution in [0.15, 0.2) is 53.7 Å². The molecule has 1 aromatic heterocycles. The number of ether oxygens (including phenoxy) is 2. The number of anilines is 1. The van der Waals surface area contributed by atoms with Crippen LogP contribution in [0.25, 0.3) is 0 Å². The fourth-order valence-electron chi connectivity index (χ4n) is 2.18. The van der Waals surface area contributed by atoms with Crippen molar-refractivity contribution in [2.75, 3.05) is 12.0 Å². The van der Waals surface area contributed by atoms with Crippen molar-refractivity contribution in [1.82, 2.24) is 4.98 Å². The highest BCUT2D eigenvalue weighted by Gasteiger charge is 2.27. The van der Waals surface area contributed by atoms with Crippen LogP contribution in [0, 0.1) is 0 Å². The van der Waals surface area contributed by atoms with E-state index in [-0.39, 0.29) is 5.50 Å². The largest absolute Gasteiger partial charge is 0.495 e. The first-order valence-corrected chi connectivity index (χ1v) is 7.77. The van der Waals surface area contributed by atoms with Gasteiger partial charge in [0, 0.05) is 11.8 Å². The maximum atomic E-state index is 6.14. The summed E-state index contributed by atoms with van der Waals surface area (Å²) in [5.41, 5.74) is 6.97. The molecule has 1 aliphatic heterocycles. The van der Waals surface area contributed by atoms with Gasteiger partial charge in [-0.25, -0.2) is 4.98 Å². The summed E-state index contributed by atoms with van der Waals surface area (Å²) in [4.78, 5) is 6.42. The number of para-hydroxylation sites is 1. The van der Waals surface area contributed by atoms with E-state index in [1.165, 1.54) is 0 Å². The molecule has 2 aromatic rings. The molecule has 1 atom stereocenters. The number of aromatic nitrogens is 1. The number of thioether (sulfide) groups is 1.